The number of aromatic nitrogens is 3. The summed E-state index contributed by atoms with van der Waals surface area (Å²) in [6.07, 6.45) is 1.45. The first-order valence-corrected chi connectivity index (χ1v) is 16.7. The van der Waals surface area contributed by atoms with E-state index in [-0.39, 0.29) is 61.6 Å². The molecule has 11 nitrogen and oxygen atoms in total. The van der Waals surface area contributed by atoms with E-state index in [9.17, 15) is 18.4 Å². The van der Waals surface area contributed by atoms with Crippen LogP contribution in [0.3, 0.4) is 0 Å². The molecule has 0 saturated carbocycles. The van der Waals surface area contributed by atoms with E-state index in [0.29, 0.717) is 63.3 Å². The Morgan fingerprint density at radius 3 is 2.66 bits per heavy atom. The molecule has 4 fully saturated rings. The zero-order chi connectivity index (χ0) is 32.6. The van der Waals surface area contributed by atoms with E-state index in [1.54, 1.807) is 11.0 Å². The maximum Gasteiger partial charge on any atom is 0.326 e. The van der Waals surface area contributed by atoms with Crippen LogP contribution in [-0.2, 0) is 4.79 Å². The Hall–Kier alpha value is -3.95. The van der Waals surface area contributed by atoms with Crippen LogP contribution in [0.4, 0.5) is 28.9 Å². The third-order valence-corrected chi connectivity index (χ3v) is 11.0. The van der Waals surface area contributed by atoms with Crippen LogP contribution < -0.4 is 15.4 Å². The van der Waals surface area contributed by atoms with Gasteiger partial charge in [-0.05, 0) is 37.6 Å². The van der Waals surface area contributed by atoms with Crippen LogP contribution in [0.5, 0.6) is 6.01 Å². The number of alkyl halides is 1. The normalized spacial score (nSPS) is 23.2. The first-order valence-electron chi connectivity index (χ1n) is 15.5. The average molecular weight is 687 g/mol. The minimum Gasteiger partial charge on any atom is -0.461 e. The maximum absolute atomic E-state index is 16.8. The van der Waals surface area contributed by atoms with E-state index in [0.717, 1.165) is 30.7 Å². The minimum atomic E-state index is -0.952. The van der Waals surface area contributed by atoms with Crippen LogP contribution in [0.15, 0.2) is 18.2 Å². The summed E-state index contributed by atoms with van der Waals surface area (Å²) in [4.78, 5) is 45.0. The van der Waals surface area contributed by atoms with Gasteiger partial charge in [0.15, 0.2) is 10.9 Å². The van der Waals surface area contributed by atoms with Crippen LogP contribution >= 0.6 is 22.9 Å². The molecule has 2 aromatic heterocycles. The highest BCUT2D eigenvalue weighted by atomic mass is 35.5. The van der Waals surface area contributed by atoms with Gasteiger partial charge in [-0.3, -0.25) is 14.6 Å². The Labute approximate surface area is 276 Å². The number of likely N-dealkylation sites (tertiary alicyclic amines) is 1. The molecule has 246 valence electrons. The van der Waals surface area contributed by atoms with Crippen LogP contribution in [0.25, 0.3) is 32.2 Å². The molecule has 2 atom stereocenters. The van der Waals surface area contributed by atoms with Gasteiger partial charge in [0.1, 0.15) is 29.9 Å². The van der Waals surface area contributed by atoms with Crippen molar-refractivity contribution >= 4 is 66.9 Å². The first kappa shape index (κ1) is 30.4. The predicted molar refractivity (Wildman–Crippen MR) is 172 cm³/mol. The van der Waals surface area contributed by atoms with E-state index < -0.39 is 23.3 Å². The number of imide groups is 1. The van der Waals surface area contributed by atoms with Crippen molar-refractivity contribution < 1.29 is 27.5 Å². The number of nitrogen functional groups attached to an aromatic ring is 1. The highest BCUT2D eigenvalue weighted by molar-refractivity contribution is 7.22. The lowest BCUT2D eigenvalue weighted by molar-refractivity contribution is -0.136. The number of carbonyl (C=O) groups excluding carboxylic acids is 2. The van der Waals surface area contributed by atoms with Gasteiger partial charge in [-0.1, -0.05) is 22.9 Å². The molecule has 0 unspecified atom stereocenters. The SMILES string of the molecule is Nc1nc2c(-c3c(Cl)cc4c(N5CCN(C(=O)N6CCC6=O)CC5)nc(OC[C@@]56CCCN5C[C@H](F)C6)nc4c3F)ccc(F)c2s1. The van der Waals surface area contributed by atoms with E-state index in [1.165, 1.54) is 17.0 Å². The standard InChI is InChI=1S/C31H30ClF3N8O3S/c32-19-12-18-24(23(35)22(19)17-2-3-20(34)26-25(17)37-28(36)47-26)38-29(46-15-31-5-1-6-42(31)14-16(33)13-31)39-27(18)40-8-10-41(11-9-40)30(45)43-7-4-21(43)44/h2-3,12,16H,1,4-11,13-15H2,(H2,36,37)/t16-,31+/m1/s1. The predicted octanol–water partition coefficient (Wildman–Crippen LogP) is 4.85. The Kier molecular flexibility index (Phi) is 7.33. The lowest BCUT2D eigenvalue weighted by Crippen LogP contribution is -2.58. The molecule has 4 aliphatic rings. The zero-order valence-electron chi connectivity index (χ0n) is 25.1. The molecule has 4 aliphatic heterocycles. The molecule has 47 heavy (non-hydrogen) atoms. The number of thiazole rings is 1. The Bertz CT molecular complexity index is 1960. The number of rotatable bonds is 5. The number of piperazine rings is 1. The third kappa shape index (κ3) is 5.01. The number of halogens is 4. The second-order valence-electron chi connectivity index (χ2n) is 12.5. The molecule has 4 saturated heterocycles. The summed E-state index contributed by atoms with van der Waals surface area (Å²) in [7, 11) is 0. The van der Waals surface area contributed by atoms with Crippen molar-refractivity contribution in [2.24, 2.45) is 0 Å². The summed E-state index contributed by atoms with van der Waals surface area (Å²) in [5, 5.41) is 0.490. The monoisotopic (exact) mass is 686 g/mol. The molecule has 8 rings (SSSR count). The summed E-state index contributed by atoms with van der Waals surface area (Å²) in [6.45, 7) is 3.00. The number of hydrogen-bond acceptors (Lipinski definition) is 10. The van der Waals surface area contributed by atoms with Crippen LogP contribution in [0.1, 0.15) is 25.7 Å². The molecule has 2 N–H and O–H groups in total. The number of amides is 3. The number of hydrogen-bond donors (Lipinski definition) is 1. The van der Waals surface area contributed by atoms with Crippen molar-refractivity contribution in [3.63, 3.8) is 0 Å². The summed E-state index contributed by atoms with van der Waals surface area (Å²) in [5.74, 6) is -1.13. The molecule has 16 heteroatoms. The van der Waals surface area contributed by atoms with Gasteiger partial charge in [0.05, 0.1) is 20.8 Å². The molecule has 0 radical (unpaired) electrons. The minimum absolute atomic E-state index is 0.0173. The zero-order valence-corrected chi connectivity index (χ0v) is 26.7. The van der Waals surface area contributed by atoms with Gasteiger partial charge in [0.2, 0.25) is 5.91 Å². The average Bonchev–Trinajstić information content (AvgIpc) is 3.72. The highest BCUT2D eigenvalue weighted by Gasteiger charge is 2.49. The van der Waals surface area contributed by atoms with Gasteiger partial charge >= 0.3 is 12.0 Å². The molecule has 0 spiro atoms. The Morgan fingerprint density at radius 2 is 1.91 bits per heavy atom. The van der Waals surface area contributed by atoms with E-state index in [4.69, 9.17) is 27.1 Å². The van der Waals surface area contributed by atoms with Crippen molar-refractivity contribution in [3.8, 4) is 17.1 Å². The van der Waals surface area contributed by atoms with Crippen molar-refractivity contribution in [2.75, 3.05) is 63.1 Å². The number of anilines is 2. The van der Waals surface area contributed by atoms with Gasteiger partial charge in [-0.25, -0.2) is 22.9 Å². The fourth-order valence-electron chi connectivity index (χ4n) is 7.35. The highest BCUT2D eigenvalue weighted by Crippen LogP contribution is 2.44. The molecule has 0 aliphatic carbocycles. The molecule has 3 amide bonds. The number of ether oxygens (including phenoxy) is 1. The van der Waals surface area contributed by atoms with E-state index >= 15 is 4.39 Å². The number of carbonyl (C=O) groups is 2. The molecule has 6 heterocycles. The second-order valence-corrected chi connectivity index (χ2v) is 14.0. The molecular weight excluding hydrogens is 657 g/mol. The van der Waals surface area contributed by atoms with Gasteiger partial charge in [0, 0.05) is 68.6 Å². The van der Waals surface area contributed by atoms with Crippen molar-refractivity contribution in [2.45, 2.75) is 37.4 Å². The number of nitrogens with zero attached hydrogens (tertiary/aromatic N) is 7. The van der Waals surface area contributed by atoms with E-state index in [2.05, 4.69) is 14.9 Å². The topological polar surface area (TPSA) is 121 Å². The number of benzene rings is 2. The van der Waals surface area contributed by atoms with Crippen LogP contribution in [-0.4, -0.2) is 106 Å². The summed E-state index contributed by atoms with van der Waals surface area (Å²) in [6, 6.07) is 3.79. The first-order chi connectivity index (χ1) is 22.6. The van der Waals surface area contributed by atoms with Crippen LogP contribution in [0, 0.1) is 11.6 Å². The smallest absolute Gasteiger partial charge is 0.326 e. The molecule has 2 aromatic carbocycles. The Morgan fingerprint density at radius 1 is 1.11 bits per heavy atom. The lowest BCUT2D eigenvalue weighted by Gasteiger charge is -2.39. The number of urea groups is 1. The summed E-state index contributed by atoms with van der Waals surface area (Å²) in [5.41, 5.74) is 5.77. The van der Waals surface area contributed by atoms with Crippen molar-refractivity contribution in [3.05, 3.63) is 34.9 Å². The van der Waals surface area contributed by atoms with Gasteiger partial charge in [-0.2, -0.15) is 9.97 Å². The van der Waals surface area contributed by atoms with Crippen molar-refractivity contribution in [1.82, 2.24) is 29.7 Å². The summed E-state index contributed by atoms with van der Waals surface area (Å²) >= 11 is 7.73. The molecule has 0 bridgehead atoms. The molecule has 4 aromatic rings. The van der Waals surface area contributed by atoms with Gasteiger partial charge < -0.3 is 20.3 Å². The van der Waals surface area contributed by atoms with Crippen LogP contribution in [0.2, 0.25) is 5.02 Å². The maximum atomic E-state index is 16.8. The summed E-state index contributed by atoms with van der Waals surface area (Å²) < 4.78 is 52.2. The second kappa shape index (κ2) is 11.3. The van der Waals surface area contributed by atoms with E-state index in [1.807, 2.05) is 4.90 Å². The third-order valence-electron chi connectivity index (χ3n) is 9.79. The van der Waals surface area contributed by atoms with Gasteiger partial charge in [-0.15, -0.1) is 0 Å². The quantitative estimate of drug-likeness (QED) is 0.294. The lowest BCUT2D eigenvalue weighted by atomic mass is 9.95. The van der Waals surface area contributed by atoms with Crippen molar-refractivity contribution in [1.29, 1.82) is 0 Å². The number of β-lactam (4-membered cyclic amide) rings is 1. The Balaban J connectivity index is 1.19. The fraction of sp³-hybridized carbons (Fsp3) is 0.452. The fourth-order valence-corrected chi connectivity index (χ4v) is 8.41. The molecular formula is C31H30ClF3N8O3S. The number of nitrogens with two attached hydrogens (primary N) is 1. The largest absolute Gasteiger partial charge is 0.461 e. The number of fused-ring (bicyclic) bond motifs is 3. The van der Waals surface area contributed by atoms with Gasteiger partial charge in [0.25, 0.3) is 0 Å².